The summed E-state index contributed by atoms with van der Waals surface area (Å²) in [6.45, 7) is 0. The van der Waals surface area contributed by atoms with Crippen LogP contribution in [0.2, 0.25) is 0 Å². The highest BCUT2D eigenvalue weighted by Gasteiger charge is 2.27. The third kappa shape index (κ3) is 4.27. The van der Waals surface area contributed by atoms with Crippen LogP contribution in [-0.2, 0) is 25.3 Å². The van der Waals surface area contributed by atoms with Gasteiger partial charge in [-0.05, 0) is 25.7 Å². The summed E-state index contributed by atoms with van der Waals surface area (Å²) in [5.41, 5.74) is 0. The maximum atomic E-state index is 11.2. The summed E-state index contributed by atoms with van der Waals surface area (Å²) in [5.74, 6) is -0.346. The Balaban J connectivity index is 2.23. The van der Waals surface area contributed by atoms with Crippen molar-refractivity contribution in [2.24, 2.45) is 5.92 Å². The lowest BCUT2D eigenvalue weighted by atomic mass is 9.87. The molecule has 1 fully saturated rings. The van der Waals surface area contributed by atoms with Crippen LogP contribution in [-0.4, -0.2) is 33.9 Å². The minimum Gasteiger partial charge on any atom is -0.469 e. The van der Waals surface area contributed by atoms with Gasteiger partial charge < -0.3 is 14.0 Å². The monoisotopic (exact) mass is 236 g/mol. The van der Waals surface area contributed by atoms with Crippen molar-refractivity contribution in [1.29, 1.82) is 0 Å². The standard InChI is InChI=1S/C9H16O5S/c1-13-9(10)7-2-4-8(5-3-7)14-6-15(11)12/h7-8H,2-6H2,1H3,(H,11,12). The zero-order chi connectivity index (χ0) is 11.3. The van der Waals surface area contributed by atoms with Crippen LogP contribution < -0.4 is 0 Å². The fourth-order valence-electron chi connectivity index (χ4n) is 1.79. The number of esters is 1. The summed E-state index contributed by atoms with van der Waals surface area (Å²) in [5, 5.41) is 0. The zero-order valence-corrected chi connectivity index (χ0v) is 9.50. The number of hydrogen-bond donors (Lipinski definition) is 1. The molecule has 1 N–H and O–H groups in total. The Kier molecular flexibility index (Phi) is 5.21. The molecule has 15 heavy (non-hydrogen) atoms. The Morgan fingerprint density at radius 2 is 2.00 bits per heavy atom. The van der Waals surface area contributed by atoms with Gasteiger partial charge in [0.1, 0.15) is 5.94 Å². The van der Waals surface area contributed by atoms with Gasteiger partial charge in [0, 0.05) is 0 Å². The van der Waals surface area contributed by atoms with E-state index in [-0.39, 0.29) is 23.9 Å². The second-order valence-electron chi connectivity index (χ2n) is 3.60. The van der Waals surface area contributed by atoms with E-state index in [1.165, 1.54) is 7.11 Å². The molecule has 0 spiro atoms. The van der Waals surface area contributed by atoms with Crippen LogP contribution in [0.15, 0.2) is 0 Å². The minimum atomic E-state index is -1.90. The van der Waals surface area contributed by atoms with E-state index < -0.39 is 11.1 Å². The Morgan fingerprint density at radius 1 is 1.40 bits per heavy atom. The molecule has 0 aliphatic heterocycles. The average Bonchev–Trinajstić information content (AvgIpc) is 2.26. The molecule has 0 aromatic heterocycles. The lowest BCUT2D eigenvalue weighted by molar-refractivity contribution is -0.147. The van der Waals surface area contributed by atoms with Gasteiger partial charge in [-0.25, -0.2) is 4.21 Å². The number of rotatable bonds is 4. The molecule has 1 aliphatic rings. The van der Waals surface area contributed by atoms with Gasteiger partial charge in [-0.15, -0.1) is 0 Å². The highest BCUT2D eigenvalue weighted by atomic mass is 32.2. The fraction of sp³-hybridized carbons (Fsp3) is 0.889. The molecule has 1 unspecified atom stereocenters. The van der Waals surface area contributed by atoms with Gasteiger partial charge in [0.25, 0.3) is 0 Å². The first-order valence-corrected chi connectivity index (χ1v) is 6.18. The third-order valence-electron chi connectivity index (χ3n) is 2.61. The second-order valence-corrected chi connectivity index (χ2v) is 4.48. The molecule has 1 rings (SSSR count). The van der Waals surface area contributed by atoms with Crippen molar-refractivity contribution >= 4 is 17.0 Å². The van der Waals surface area contributed by atoms with Crippen LogP contribution in [0.4, 0.5) is 0 Å². The smallest absolute Gasteiger partial charge is 0.308 e. The molecule has 0 saturated heterocycles. The van der Waals surface area contributed by atoms with Gasteiger partial charge in [0.2, 0.25) is 0 Å². The molecular formula is C9H16O5S. The predicted molar refractivity (Wildman–Crippen MR) is 54.5 cm³/mol. The van der Waals surface area contributed by atoms with E-state index in [2.05, 4.69) is 4.74 Å². The van der Waals surface area contributed by atoms with Crippen molar-refractivity contribution in [3.05, 3.63) is 0 Å². The van der Waals surface area contributed by atoms with E-state index in [1.54, 1.807) is 0 Å². The van der Waals surface area contributed by atoms with Crippen molar-refractivity contribution in [3.63, 3.8) is 0 Å². The Morgan fingerprint density at radius 3 is 2.47 bits per heavy atom. The first-order valence-electron chi connectivity index (χ1n) is 4.90. The van der Waals surface area contributed by atoms with Crippen LogP contribution in [0.5, 0.6) is 0 Å². The van der Waals surface area contributed by atoms with E-state index in [0.717, 1.165) is 25.7 Å². The minimum absolute atomic E-state index is 0.00186. The van der Waals surface area contributed by atoms with Crippen molar-refractivity contribution in [2.75, 3.05) is 13.0 Å². The first kappa shape index (κ1) is 12.6. The van der Waals surface area contributed by atoms with Gasteiger partial charge in [-0.3, -0.25) is 4.79 Å². The third-order valence-corrected chi connectivity index (χ3v) is 2.95. The number of carbonyl (C=O) groups is 1. The van der Waals surface area contributed by atoms with E-state index in [0.29, 0.717) is 0 Å². The Labute approximate surface area is 91.4 Å². The highest BCUT2D eigenvalue weighted by molar-refractivity contribution is 7.79. The van der Waals surface area contributed by atoms with Gasteiger partial charge in [0.05, 0.1) is 19.1 Å². The molecule has 1 saturated carbocycles. The highest BCUT2D eigenvalue weighted by Crippen LogP contribution is 2.26. The molecule has 0 aromatic carbocycles. The van der Waals surface area contributed by atoms with Gasteiger partial charge in [0.15, 0.2) is 11.1 Å². The number of methoxy groups -OCH3 is 1. The number of carbonyl (C=O) groups excluding carboxylic acids is 1. The molecule has 5 nitrogen and oxygen atoms in total. The van der Waals surface area contributed by atoms with Crippen molar-refractivity contribution in [2.45, 2.75) is 31.8 Å². The SMILES string of the molecule is COC(=O)C1CCC(OCS(=O)O)CC1. The predicted octanol–water partition coefficient (Wildman–Crippen LogP) is 0.914. The van der Waals surface area contributed by atoms with Crippen LogP contribution in [0.25, 0.3) is 0 Å². The van der Waals surface area contributed by atoms with Crippen LogP contribution >= 0.6 is 0 Å². The van der Waals surface area contributed by atoms with Crippen LogP contribution in [0, 0.1) is 5.92 Å². The van der Waals surface area contributed by atoms with Gasteiger partial charge >= 0.3 is 5.97 Å². The molecular weight excluding hydrogens is 220 g/mol. The van der Waals surface area contributed by atoms with Crippen molar-refractivity contribution in [3.8, 4) is 0 Å². The summed E-state index contributed by atoms with van der Waals surface area (Å²) in [6.07, 6.45) is 2.96. The van der Waals surface area contributed by atoms with Crippen molar-refractivity contribution < 1.29 is 23.0 Å². The summed E-state index contributed by atoms with van der Waals surface area (Å²) in [4.78, 5) is 11.2. The summed E-state index contributed by atoms with van der Waals surface area (Å²) in [6, 6.07) is 0. The molecule has 1 atom stereocenters. The second kappa shape index (κ2) is 6.19. The maximum Gasteiger partial charge on any atom is 0.308 e. The molecule has 0 amide bonds. The molecule has 6 heteroatoms. The molecule has 0 bridgehead atoms. The molecule has 0 radical (unpaired) electrons. The van der Waals surface area contributed by atoms with E-state index >= 15 is 0 Å². The number of ether oxygens (including phenoxy) is 2. The molecule has 1 aliphatic carbocycles. The van der Waals surface area contributed by atoms with Crippen LogP contribution in [0.1, 0.15) is 25.7 Å². The van der Waals surface area contributed by atoms with Crippen molar-refractivity contribution in [1.82, 2.24) is 0 Å². The van der Waals surface area contributed by atoms with Crippen LogP contribution in [0.3, 0.4) is 0 Å². The quantitative estimate of drug-likeness (QED) is 0.580. The maximum absolute atomic E-state index is 11.2. The molecule has 88 valence electrons. The lowest BCUT2D eigenvalue weighted by Gasteiger charge is -2.26. The van der Waals surface area contributed by atoms with E-state index in [4.69, 9.17) is 9.29 Å². The van der Waals surface area contributed by atoms with Gasteiger partial charge in [-0.1, -0.05) is 0 Å². The number of hydrogen-bond acceptors (Lipinski definition) is 4. The average molecular weight is 236 g/mol. The Bertz CT molecular complexity index is 235. The van der Waals surface area contributed by atoms with E-state index in [1.807, 2.05) is 0 Å². The largest absolute Gasteiger partial charge is 0.469 e. The zero-order valence-electron chi connectivity index (χ0n) is 8.68. The first-order chi connectivity index (χ1) is 7.13. The summed E-state index contributed by atoms with van der Waals surface area (Å²) >= 11 is -1.90. The topological polar surface area (TPSA) is 72.8 Å². The van der Waals surface area contributed by atoms with E-state index in [9.17, 15) is 9.00 Å². The summed E-state index contributed by atoms with van der Waals surface area (Å²) in [7, 11) is 1.39. The Hall–Kier alpha value is -0.460. The lowest BCUT2D eigenvalue weighted by Crippen LogP contribution is -2.27. The summed E-state index contributed by atoms with van der Waals surface area (Å²) < 4.78 is 28.8. The molecule has 0 heterocycles. The van der Waals surface area contributed by atoms with Gasteiger partial charge in [-0.2, -0.15) is 0 Å². The fourth-order valence-corrected chi connectivity index (χ4v) is 2.10. The normalized spacial score (nSPS) is 28.4. The molecule has 0 aromatic rings.